The van der Waals surface area contributed by atoms with Crippen LogP contribution in [0.4, 0.5) is 0 Å². The second-order valence-corrected chi connectivity index (χ2v) is 5.40. The minimum atomic E-state index is 0.181. The molecule has 0 spiro atoms. The summed E-state index contributed by atoms with van der Waals surface area (Å²) in [6.07, 6.45) is 2.04. The normalized spacial score (nSPS) is 24.5. The van der Waals surface area contributed by atoms with E-state index in [1.165, 1.54) is 0 Å². The van der Waals surface area contributed by atoms with Crippen molar-refractivity contribution in [3.63, 3.8) is 0 Å². The number of hydrogen-bond acceptors (Lipinski definition) is 3. The Balaban J connectivity index is 2.06. The minimum Gasteiger partial charge on any atom is -0.315 e. The third-order valence-corrected chi connectivity index (χ3v) is 3.99. The molecule has 0 radical (unpaired) electrons. The highest BCUT2D eigenvalue weighted by Gasteiger charge is 2.28. The summed E-state index contributed by atoms with van der Waals surface area (Å²) in [7, 11) is 1.96. The van der Waals surface area contributed by atoms with Crippen molar-refractivity contribution in [2.24, 2.45) is 7.05 Å². The Kier molecular flexibility index (Phi) is 3.76. The summed E-state index contributed by atoms with van der Waals surface area (Å²) in [5.74, 6) is 0. The summed E-state index contributed by atoms with van der Waals surface area (Å²) in [6, 6.07) is 0. The van der Waals surface area contributed by atoms with Gasteiger partial charge in [-0.25, -0.2) is 0 Å². The van der Waals surface area contributed by atoms with Crippen molar-refractivity contribution >= 4 is 11.6 Å². The number of rotatable bonds is 4. The van der Waals surface area contributed by atoms with Crippen molar-refractivity contribution in [1.29, 1.82) is 0 Å². The number of nitrogens with zero attached hydrogens (tertiary/aromatic N) is 2. The first-order valence-corrected chi connectivity index (χ1v) is 6.59. The molecule has 2 N–H and O–H groups in total. The summed E-state index contributed by atoms with van der Waals surface area (Å²) >= 11 is 6.32. The molecule has 0 saturated carbocycles. The van der Waals surface area contributed by atoms with Crippen molar-refractivity contribution in [2.45, 2.75) is 38.8 Å². The van der Waals surface area contributed by atoms with Crippen molar-refractivity contribution in [3.05, 3.63) is 16.4 Å². The number of aryl methyl sites for hydroxylation is 2. The monoisotopic (exact) mass is 256 g/mol. The Hall–Kier alpha value is -0.580. The third kappa shape index (κ3) is 2.64. The van der Waals surface area contributed by atoms with Crippen molar-refractivity contribution in [3.8, 4) is 0 Å². The maximum absolute atomic E-state index is 6.32. The van der Waals surface area contributed by atoms with Crippen molar-refractivity contribution in [2.75, 3.05) is 13.1 Å². The van der Waals surface area contributed by atoms with E-state index in [1.54, 1.807) is 0 Å². The van der Waals surface area contributed by atoms with Gasteiger partial charge in [-0.3, -0.25) is 4.68 Å². The van der Waals surface area contributed by atoms with E-state index < -0.39 is 0 Å². The van der Waals surface area contributed by atoms with Crippen LogP contribution in [-0.2, 0) is 20.0 Å². The smallest absolute Gasteiger partial charge is 0.0863 e. The molecule has 2 heterocycles. The highest BCUT2D eigenvalue weighted by Crippen LogP contribution is 2.22. The molecule has 5 heteroatoms. The number of nitrogens with one attached hydrogen (secondary N) is 2. The second kappa shape index (κ2) is 4.96. The molecule has 1 saturated heterocycles. The first kappa shape index (κ1) is 12.9. The van der Waals surface area contributed by atoms with Crippen LogP contribution in [0.1, 0.15) is 31.7 Å². The van der Waals surface area contributed by atoms with Gasteiger partial charge in [0.1, 0.15) is 0 Å². The van der Waals surface area contributed by atoms with Gasteiger partial charge in [0.05, 0.1) is 16.4 Å². The molecule has 0 amide bonds. The number of aromatic nitrogens is 2. The zero-order valence-corrected chi connectivity index (χ0v) is 11.6. The molecule has 4 nitrogen and oxygen atoms in total. The predicted molar refractivity (Wildman–Crippen MR) is 70.3 cm³/mol. The van der Waals surface area contributed by atoms with E-state index in [0.29, 0.717) is 0 Å². The maximum Gasteiger partial charge on any atom is 0.0863 e. The van der Waals surface area contributed by atoms with Gasteiger partial charge in [-0.15, -0.1) is 0 Å². The Morgan fingerprint density at radius 1 is 1.59 bits per heavy atom. The van der Waals surface area contributed by atoms with Gasteiger partial charge in [0.15, 0.2) is 0 Å². The Morgan fingerprint density at radius 2 is 2.35 bits per heavy atom. The second-order valence-electron chi connectivity index (χ2n) is 5.03. The van der Waals surface area contributed by atoms with Crippen LogP contribution in [-0.4, -0.2) is 28.4 Å². The van der Waals surface area contributed by atoms with Crippen molar-refractivity contribution < 1.29 is 0 Å². The molecular formula is C12H21ClN4. The fourth-order valence-corrected chi connectivity index (χ4v) is 2.64. The molecule has 0 aromatic carbocycles. The Bertz CT molecular complexity index is 393. The van der Waals surface area contributed by atoms with Gasteiger partial charge >= 0.3 is 0 Å². The Labute approximate surface area is 108 Å². The van der Waals surface area contributed by atoms with E-state index in [-0.39, 0.29) is 5.54 Å². The van der Waals surface area contributed by atoms with E-state index in [4.69, 9.17) is 11.6 Å². The van der Waals surface area contributed by atoms with Gasteiger partial charge in [-0.05, 0) is 26.3 Å². The Morgan fingerprint density at radius 3 is 2.88 bits per heavy atom. The van der Waals surface area contributed by atoms with Gasteiger partial charge in [0.2, 0.25) is 0 Å². The van der Waals surface area contributed by atoms with Crippen LogP contribution < -0.4 is 10.6 Å². The minimum absolute atomic E-state index is 0.181. The molecule has 96 valence electrons. The fourth-order valence-electron chi connectivity index (χ4n) is 2.28. The predicted octanol–water partition coefficient (Wildman–Crippen LogP) is 1.48. The molecule has 1 aliphatic rings. The van der Waals surface area contributed by atoms with E-state index in [0.717, 1.165) is 48.9 Å². The summed E-state index contributed by atoms with van der Waals surface area (Å²) < 4.78 is 1.89. The van der Waals surface area contributed by atoms with Crippen LogP contribution in [0.3, 0.4) is 0 Å². The summed E-state index contributed by atoms with van der Waals surface area (Å²) in [5, 5.41) is 12.2. The number of hydrogen-bond donors (Lipinski definition) is 2. The summed E-state index contributed by atoms with van der Waals surface area (Å²) in [6.45, 7) is 7.21. The number of halogens is 1. The molecule has 1 aromatic rings. The molecule has 1 unspecified atom stereocenters. The van der Waals surface area contributed by atoms with Gasteiger partial charge in [0.25, 0.3) is 0 Å². The standard InChI is InChI=1S/C12H21ClN4/c1-4-9-11(13)10(17(3)16-9)7-15-12(2)5-6-14-8-12/h14-15H,4-8H2,1-3H3. The third-order valence-electron chi connectivity index (χ3n) is 3.55. The first-order valence-electron chi connectivity index (χ1n) is 6.22. The SMILES string of the molecule is CCc1nn(C)c(CNC2(C)CCNC2)c1Cl. The topological polar surface area (TPSA) is 41.9 Å². The lowest BCUT2D eigenvalue weighted by atomic mass is 10.0. The van der Waals surface area contributed by atoms with Crippen LogP contribution in [0, 0.1) is 0 Å². The quantitative estimate of drug-likeness (QED) is 0.858. The summed E-state index contributed by atoms with van der Waals surface area (Å²) in [5.41, 5.74) is 2.25. The molecule has 0 aliphatic carbocycles. The van der Waals surface area contributed by atoms with E-state index in [1.807, 2.05) is 11.7 Å². The lowest BCUT2D eigenvalue weighted by Gasteiger charge is -2.24. The molecule has 1 fully saturated rings. The molecule has 1 aliphatic heterocycles. The lowest BCUT2D eigenvalue weighted by molar-refractivity contribution is 0.379. The van der Waals surface area contributed by atoms with Gasteiger partial charge in [-0.2, -0.15) is 5.10 Å². The molecule has 0 bridgehead atoms. The fraction of sp³-hybridized carbons (Fsp3) is 0.750. The highest BCUT2D eigenvalue weighted by molar-refractivity contribution is 6.31. The van der Waals surface area contributed by atoms with Crippen LogP contribution >= 0.6 is 11.6 Å². The highest BCUT2D eigenvalue weighted by atomic mass is 35.5. The molecular weight excluding hydrogens is 236 g/mol. The zero-order valence-electron chi connectivity index (χ0n) is 10.8. The van der Waals surface area contributed by atoms with E-state index in [2.05, 4.69) is 29.6 Å². The van der Waals surface area contributed by atoms with Crippen LogP contribution in [0.25, 0.3) is 0 Å². The maximum atomic E-state index is 6.32. The largest absolute Gasteiger partial charge is 0.315 e. The molecule has 1 aromatic heterocycles. The lowest BCUT2D eigenvalue weighted by Crippen LogP contribution is -2.43. The molecule has 17 heavy (non-hydrogen) atoms. The molecule has 1 atom stereocenters. The summed E-state index contributed by atoms with van der Waals surface area (Å²) in [4.78, 5) is 0. The van der Waals surface area contributed by atoms with Crippen molar-refractivity contribution in [1.82, 2.24) is 20.4 Å². The first-order chi connectivity index (χ1) is 8.06. The van der Waals surface area contributed by atoms with Crippen LogP contribution in [0.5, 0.6) is 0 Å². The van der Waals surface area contributed by atoms with Gasteiger partial charge in [0, 0.05) is 25.7 Å². The van der Waals surface area contributed by atoms with E-state index >= 15 is 0 Å². The van der Waals surface area contributed by atoms with Gasteiger partial charge < -0.3 is 10.6 Å². The van der Waals surface area contributed by atoms with Crippen LogP contribution in [0.15, 0.2) is 0 Å². The molecule has 2 rings (SSSR count). The zero-order chi connectivity index (χ0) is 12.5. The van der Waals surface area contributed by atoms with Gasteiger partial charge in [-0.1, -0.05) is 18.5 Å². The van der Waals surface area contributed by atoms with E-state index in [9.17, 15) is 0 Å². The average molecular weight is 257 g/mol. The average Bonchev–Trinajstić information content (AvgIpc) is 2.83. The van der Waals surface area contributed by atoms with Crippen LogP contribution in [0.2, 0.25) is 5.02 Å².